The number of nitrogens with one attached hydrogen (secondary N) is 2. The molecule has 2 amide bonds. The summed E-state index contributed by atoms with van der Waals surface area (Å²) in [6.07, 6.45) is 3.99. The minimum absolute atomic E-state index is 0.0568. The first-order valence-electron chi connectivity index (χ1n) is 6.70. The molecule has 0 aromatic heterocycles. The molecule has 0 heterocycles. The topological polar surface area (TPSA) is 61.4 Å². The van der Waals surface area contributed by atoms with Crippen molar-refractivity contribution < 1.29 is 9.90 Å². The number of urea groups is 1. The number of amides is 2. The molecular formula is C13H26N2O2. The predicted octanol–water partition coefficient (Wildman–Crippen LogP) is 1.88. The molecule has 4 nitrogen and oxygen atoms in total. The molecule has 0 radical (unpaired) electrons. The molecule has 0 bridgehead atoms. The molecule has 0 saturated heterocycles. The van der Waals surface area contributed by atoms with E-state index in [-0.39, 0.29) is 24.7 Å². The molecule has 100 valence electrons. The second kappa shape index (κ2) is 6.84. The summed E-state index contributed by atoms with van der Waals surface area (Å²) in [6, 6.07) is 0.416. The van der Waals surface area contributed by atoms with Gasteiger partial charge in [-0.15, -0.1) is 0 Å². The van der Waals surface area contributed by atoms with Crippen molar-refractivity contribution >= 4 is 6.03 Å². The van der Waals surface area contributed by atoms with E-state index in [0.29, 0.717) is 11.8 Å². The van der Waals surface area contributed by atoms with Gasteiger partial charge in [0.2, 0.25) is 0 Å². The van der Waals surface area contributed by atoms with Gasteiger partial charge in [-0.1, -0.05) is 13.8 Å². The lowest BCUT2D eigenvalue weighted by Crippen LogP contribution is -2.47. The van der Waals surface area contributed by atoms with Gasteiger partial charge in [0, 0.05) is 18.7 Å². The molecule has 0 aromatic carbocycles. The first kappa shape index (κ1) is 14.3. The summed E-state index contributed by atoms with van der Waals surface area (Å²) in [5.74, 6) is 0.886. The third kappa shape index (κ3) is 4.94. The van der Waals surface area contributed by atoms with Gasteiger partial charge in [0.1, 0.15) is 0 Å². The molecule has 1 fully saturated rings. The third-order valence-corrected chi connectivity index (χ3v) is 3.80. The molecule has 4 heteroatoms. The van der Waals surface area contributed by atoms with E-state index in [1.807, 2.05) is 6.92 Å². The first-order valence-corrected chi connectivity index (χ1v) is 6.70. The highest BCUT2D eigenvalue weighted by Crippen LogP contribution is 2.23. The van der Waals surface area contributed by atoms with Crippen molar-refractivity contribution in [3.63, 3.8) is 0 Å². The fraction of sp³-hybridized carbons (Fsp3) is 0.923. The summed E-state index contributed by atoms with van der Waals surface area (Å²) in [6.45, 7) is 6.49. The number of aliphatic hydroxyl groups excluding tert-OH is 1. The molecule has 0 aliphatic heterocycles. The van der Waals surface area contributed by atoms with Crippen molar-refractivity contribution in [3.8, 4) is 0 Å². The number of aliphatic hydroxyl groups is 1. The minimum Gasteiger partial charge on any atom is -0.396 e. The maximum absolute atomic E-state index is 11.7. The second-order valence-corrected chi connectivity index (χ2v) is 5.55. The van der Waals surface area contributed by atoms with Crippen LogP contribution in [0, 0.1) is 11.8 Å². The highest BCUT2D eigenvalue weighted by atomic mass is 16.3. The Hall–Kier alpha value is -0.770. The maximum atomic E-state index is 11.7. The van der Waals surface area contributed by atoms with Crippen molar-refractivity contribution in [1.29, 1.82) is 0 Å². The number of hydrogen-bond donors (Lipinski definition) is 3. The van der Waals surface area contributed by atoms with Gasteiger partial charge in [0.05, 0.1) is 0 Å². The Bertz CT molecular complexity index is 236. The Morgan fingerprint density at radius 1 is 1.24 bits per heavy atom. The lowest BCUT2D eigenvalue weighted by atomic mass is 9.87. The molecule has 1 rings (SSSR count). The smallest absolute Gasteiger partial charge is 0.315 e. The van der Waals surface area contributed by atoms with E-state index in [1.54, 1.807) is 0 Å². The minimum atomic E-state index is -0.0568. The summed E-state index contributed by atoms with van der Waals surface area (Å²) in [4.78, 5) is 11.7. The van der Waals surface area contributed by atoms with Crippen molar-refractivity contribution in [1.82, 2.24) is 10.6 Å². The van der Waals surface area contributed by atoms with Gasteiger partial charge in [0.25, 0.3) is 0 Å². The lowest BCUT2D eigenvalue weighted by molar-refractivity contribution is 0.174. The highest BCUT2D eigenvalue weighted by Gasteiger charge is 2.22. The van der Waals surface area contributed by atoms with Crippen molar-refractivity contribution in [2.75, 3.05) is 6.61 Å². The van der Waals surface area contributed by atoms with Crippen LogP contribution >= 0.6 is 0 Å². The molecule has 1 atom stereocenters. The Morgan fingerprint density at radius 2 is 1.82 bits per heavy atom. The van der Waals surface area contributed by atoms with Crippen LogP contribution in [0.25, 0.3) is 0 Å². The first-order chi connectivity index (χ1) is 8.02. The number of carbonyl (C=O) groups excluding carboxylic acids is 1. The van der Waals surface area contributed by atoms with Crippen LogP contribution in [0.2, 0.25) is 0 Å². The Balaban J connectivity index is 2.23. The summed E-state index contributed by atoms with van der Waals surface area (Å²) < 4.78 is 0. The van der Waals surface area contributed by atoms with Crippen molar-refractivity contribution in [2.45, 2.75) is 58.5 Å². The van der Waals surface area contributed by atoms with Gasteiger partial charge < -0.3 is 15.7 Å². The van der Waals surface area contributed by atoms with E-state index in [4.69, 9.17) is 5.11 Å². The third-order valence-electron chi connectivity index (χ3n) is 3.80. The zero-order valence-electron chi connectivity index (χ0n) is 11.2. The number of rotatable bonds is 4. The molecule has 1 unspecified atom stereocenters. The number of hydrogen-bond acceptors (Lipinski definition) is 2. The van der Waals surface area contributed by atoms with Gasteiger partial charge in [-0.2, -0.15) is 0 Å². The van der Waals surface area contributed by atoms with Crippen LogP contribution in [-0.2, 0) is 0 Å². The summed E-state index contributed by atoms with van der Waals surface area (Å²) in [5.41, 5.74) is 0. The quantitative estimate of drug-likeness (QED) is 0.705. The standard InChI is InChI=1S/C13H26N2O2/c1-9(2)10(3)14-13(17)15-12-6-4-11(8-16)5-7-12/h9-12,16H,4-8H2,1-3H3,(H2,14,15,17). The van der Waals surface area contributed by atoms with Gasteiger partial charge in [-0.05, 0) is 44.4 Å². The van der Waals surface area contributed by atoms with E-state index < -0.39 is 0 Å². The fourth-order valence-corrected chi connectivity index (χ4v) is 2.09. The average molecular weight is 242 g/mol. The van der Waals surface area contributed by atoms with E-state index in [1.165, 1.54) is 0 Å². The van der Waals surface area contributed by atoms with Gasteiger partial charge >= 0.3 is 6.03 Å². The highest BCUT2D eigenvalue weighted by molar-refractivity contribution is 5.74. The van der Waals surface area contributed by atoms with Crippen LogP contribution in [0.4, 0.5) is 4.79 Å². The van der Waals surface area contributed by atoms with Crippen LogP contribution in [0.15, 0.2) is 0 Å². The molecule has 0 spiro atoms. The summed E-state index contributed by atoms with van der Waals surface area (Å²) in [5, 5.41) is 15.0. The van der Waals surface area contributed by atoms with E-state index in [9.17, 15) is 4.79 Å². The predicted molar refractivity (Wildman–Crippen MR) is 68.8 cm³/mol. The Morgan fingerprint density at radius 3 is 2.29 bits per heavy atom. The monoisotopic (exact) mass is 242 g/mol. The SMILES string of the molecule is CC(C)C(C)NC(=O)NC1CCC(CO)CC1. The largest absolute Gasteiger partial charge is 0.396 e. The Labute approximate surface area is 104 Å². The zero-order valence-corrected chi connectivity index (χ0v) is 11.2. The van der Waals surface area contributed by atoms with Gasteiger partial charge in [-0.3, -0.25) is 0 Å². The van der Waals surface area contributed by atoms with Crippen LogP contribution in [0.1, 0.15) is 46.5 Å². The van der Waals surface area contributed by atoms with E-state index in [2.05, 4.69) is 24.5 Å². The maximum Gasteiger partial charge on any atom is 0.315 e. The van der Waals surface area contributed by atoms with Crippen LogP contribution in [0.5, 0.6) is 0 Å². The molecule has 1 aliphatic rings. The molecule has 17 heavy (non-hydrogen) atoms. The van der Waals surface area contributed by atoms with E-state index in [0.717, 1.165) is 25.7 Å². The number of carbonyl (C=O) groups is 1. The van der Waals surface area contributed by atoms with Crippen molar-refractivity contribution in [2.24, 2.45) is 11.8 Å². The summed E-state index contributed by atoms with van der Waals surface area (Å²) >= 11 is 0. The fourth-order valence-electron chi connectivity index (χ4n) is 2.09. The zero-order chi connectivity index (χ0) is 12.8. The molecule has 1 saturated carbocycles. The van der Waals surface area contributed by atoms with E-state index >= 15 is 0 Å². The summed E-state index contributed by atoms with van der Waals surface area (Å²) in [7, 11) is 0. The lowest BCUT2D eigenvalue weighted by Gasteiger charge is -2.28. The molecular weight excluding hydrogens is 216 g/mol. The van der Waals surface area contributed by atoms with Gasteiger partial charge in [0.15, 0.2) is 0 Å². The molecule has 1 aliphatic carbocycles. The normalized spacial score (nSPS) is 26.6. The van der Waals surface area contributed by atoms with Crippen LogP contribution < -0.4 is 10.6 Å². The molecule has 3 N–H and O–H groups in total. The van der Waals surface area contributed by atoms with Crippen LogP contribution in [0.3, 0.4) is 0 Å². The Kier molecular flexibility index (Phi) is 5.75. The molecule has 0 aromatic rings. The second-order valence-electron chi connectivity index (χ2n) is 5.55. The van der Waals surface area contributed by atoms with Gasteiger partial charge in [-0.25, -0.2) is 4.79 Å². The van der Waals surface area contributed by atoms with Crippen molar-refractivity contribution in [3.05, 3.63) is 0 Å². The van der Waals surface area contributed by atoms with Crippen LogP contribution in [-0.4, -0.2) is 29.8 Å². The average Bonchev–Trinajstić information content (AvgIpc) is 2.29.